The Morgan fingerprint density at radius 2 is 2.25 bits per heavy atom. The molecule has 0 fully saturated rings. The molecule has 0 atom stereocenters. The largest absolute Gasteiger partial charge is 0.494 e. The average molecular weight is 224 g/mol. The van der Waals surface area contributed by atoms with Crippen LogP contribution in [0.5, 0.6) is 5.75 Å². The van der Waals surface area contributed by atoms with Crippen LogP contribution in [0.1, 0.15) is 19.4 Å². The lowest BCUT2D eigenvalue weighted by atomic mass is 10.2. The van der Waals surface area contributed by atoms with Crippen LogP contribution in [0.2, 0.25) is 0 Å². The summed E-state index contributed by atoms with van der Waals surface area (Å²) in [6.07, 6.45) is 1.64. The minimum atomic E-state index is -0.366. The minimum Gasteiger partial charge on any atom is -0.494 e. The molecule has 0 saturated carbocycles. The standard InChI is InChI=1S/C12H17FN2O/c1-9(2)7-14-15-8-10-4-5-11(13)12(6-10)16-3/h4-6,8-9,14H,7H2,1-3H3/b15-8+. The molecule has 0 aliphatic heterocycles. The lowest BCUT2D eigenvalue weighted by Crippen LogP contribution is -2.13. The van der Waals surface area contributed by atoms with Gasteiger partial charge in [-0.2, -0.15) is 5.10 Å². The maximum absolute atomic E-state index is 13.1. The Bertz CT molecular complexity index is 364. The van der Waals surface area contributed by atoms with E-state index in [1.165, 1.54) is 13.2 Å². The molecule has 0 aliphatic carbocycles. The van der Waals surface area contributed by atoms with E-state index in [1.807, 2.05) is 0 Å². The van der Waals surface area contributed by atoms with E-state index in [2.05, 4.69) is 24.4 Å². The molecule has 0 radical (unpaired) electrons. The molecule has 4 heteroatoms. The number of ether oxygens (including phenoxy) is 1. The van der Waals surface area contributed by atoms with Crippen LogP contribution in [-0.4, -0.2) is 19.9 Å². The molecule has 1 rings (SSSR count). The van der Waals surface area contributed by atoms with Crippen molar-refractivity contribution in [3.05, 3.63) is 29.6 Å². The van der Waals surface area contributed by atoms with Crippen LogP contribution in [0.15, 0.2) is 23.3 Å². The van der Waals surface area contributed by atoms with E-state index in [9.17, 15) is 4.39 Å². The molecule has 0 aliphatic rings. The van der Waals surface area contributed by atoms with Crippen LogP contribution in [0.25, 0.3) is 0 Å². The van der Waals surface area contributed by atoms with Crippen molar-refractivity contribution in [1.82, 2.24) is 5.43 Å². The first-order valence-corrected chi connectivity index (χ1v) is 5.23. The third-order valence-corrected chi connectivity index (χ3v) is 1.98. The molecule has 0 aromatic heterocycles. The van der Waals surface area contributed by atoms with Gasteiger partial charge in [-0.3, -0.25) is 0 Å². The Balaban J connectivity index is 2.60. The number of benzene rings is 1. The van der Waals surface area contributed by atoms with Crippen LogP contribution in [-0.2, 0) is 0 Å². The van der Waals surface area contributed by atoms with Gasteiger partial charge in [-0.15, -0.1) is 0 Å². The number of rotatable bonds is 5. The first kappa shape index (κ1) is 12.5. The molecule has 0 spiro atoms. The Kier molecular flexibility index (Phi) is 4.76. The molecule has 1 N–H and O–H groups in total. The molecule has 1 aromatic rings. The fourth-order valence-electron chi connectivity index (χ4n) is 1.11. The summed E-state index contributed by atoms with van der Waals surface area (Å²) in [5, 5.41) is 4.03. The van der Waals surface area contributed by atoms with E-state index in [-0.39, 0.29) is 11.6 Å². The summed E-state index contributed by atoms with van der Waals surface area (Å²) in [5.74, 6) is 0.405. The second-order valence-electron chi connectivity index (χ2n) is 3.91. The molecule has 88 valence electrons. The Morgan fingerprint density at radius 3 is 2.88 bits per heavy atom. The van der Waals surface area contributed by atoms with Crippen LogP contribution in [0, 0.1) is 11.7 Å². The topological polar surface area (TPSA) is 33.6 Å². The zero-order valence-corrected chi connectivity index (χ0v) is 9.83. The van der Waals surface area contributed by atoms with E-state index < -0.39 is 0 Å². The molecule has 0 unspecified atom stereocenters. The van der Waals surface area contributed by atoms with Gasteiger partial charge >= 0.3 is 0 Å². The summed E-state index contributed by atoms with van der Waals surface area (Å²) in [7, 11) is 1.44. The summed E-state index contributed by atoms with van der Waals surface area (Å²) in [6.45, 7) is 5.02. The maximum atomic E-state index is 13.1. The van der Waals surface area contributed by atoms with Crippen molar-refractivity contribution in [3.63, 3.8) is 0 Å². The second kappa shape index (κ2) is 6.10. The van der Waals surface area contributed by atoms with Crippen molar-refractivity contribution in [2.24, 2.45) is 11.0 Å². The molecule has 3 nitrogen and oxygen atoms in total. The molecular formula is C12H17FN2O. The lowest BCUT2D eigenvalue weighted by Gasteiger charge is -2.04. The predicted octanol–water partition coefficient (Wildman–Crippen LogP) is 2.41. The van der Waals surface area contributed by atoms with Crippen LogP contribution < -0.4 is 10.2 Å². The fourth-order valence-corrected chi connectivity index (χ4v) is 1.11. The van der Waals surface area contributed by atoms with Gasteiger partial charge in [0.15, 0.2) is 11.6 Å². The zero-order chi connectivity index (χ0) is 12.0. The van der Waals surface area contributed by atoms with E-state index in [4.69, 9.17) is 4.74 Å². The summed E-state index contributed by atoms with van der Waals surface area (Å²) in [4.78, 5) is 0. The third-order valence-electron chi connectivity index (χ3n) is 1.98. The van der Waals surface area contributed by atoms with Gasteiger partial charge in [0.2, 0.25) is 0 Å². The van der Waals surface area contributed by atoms with Crippen molar-refractivity contribution < 1.29 is 9.13 Å². The molecule has 1 aromatic carbocycles. The van der Waals surface area contributed by atoms with E-state index in [0.717, 1.165) is 12.1 Å². The highest BCUT2D eigenvalue weighted by molar-refractivity contribution is 5.80. The van der Waals surface area contributed by atoms with E-state index in [1.54, 1.807) is 18.3 Å². The van der Waals surface area contributed by atoms with Crippen molar-refractivity contribution in [2.45, 2.75) is 13.8 Å². The number of nitrogens with zero attached hydrogens (tertiary/aromatic N) is 1. The Labute approximate surface area is 95.3 Å². The van der Waals surface area contributed by atoms with Gasteiger partial charge in [0, 0.05) is 6.54 Å². The molecule has 0 bridgehead atoms. The van der Waals surface area contributed by atoms with E-state index in [0.29, 0.717) is 5.92 Å². The van der Waals surface area contributed by atoms with Gasteiger partial charge in [-0.1, -0.05) is 19.9 Å². The van der Waals surface area contributed by atoms with Crippen LogP contribution >= 0.6 is 0 Å². The molecule has 0 saturated heterocycles. The maximum Gasteiger partial charge on any atom is 0.165 e. The number of methoxy groups -OCH3 is 1. The molecule has 0 heterocycles. The smallest absolute Gasteiger partial charge is 0.165 e. The van der Waals surface area contributed by atoms with Gasteiger partial charge in [0.25, 0.3) is 0 Å². The van der Waals surface area contributed by atoms with Gasteiger partial charge in [-0.25, -0.2) is 4.39 Å². The van der Waals surface area contributed by atoms with Crippen molar-refractivity contribution in [1.29, 1.82) is 0 Å². The number of hydrogen-bond donors (Lipinski definition) is 1. The third kappa shape index (κ3) is 3.88. The summed E-state index contributed by atoms with van der Waals surface area (Å²) in [6, 6.07) is 4.62. The lowest BCUT2D eigenvalue weighted by molar-refractivity contribution is 0.386. The number of halogens is 1. The number of hydrazone groups is 1. The number of hydrogen-bond acceptors (Lipinski definition) is 3. The average Bonchev–Trinajstić information content (AvgIpc) is 2.26. The molecule has 16 heavy (non-hydrogen) atoms. The van der Waals surface area contributed by atoms with Crippen molar-refractivity contribution in [3.8, 4) is 5.75 Å². The summed E-state index contributed by atoms with van der Waals surface area (Å²) in [5.41, 5.74) is 3.72. The Morgan fingerprint density at radius 1 is 1.50 bits per heavy atom. The second-order valence-corrected chi connectivity index (χ2v) is 3.91. The first-order valence-electron chi connectivity index (χ1n) is 5.23. The zero-order valence-electron chi connectivity index (χ0n) is 9.83. The van der Waals surface area contributed by atoms with Gasteiger partial charge in [0.1, 0.15) is 0 Å². The number of nitrogens with one attached hydrogen (secondary N) is 1. The van der Waals surface area contributed by atoms with Crippen molar-refractivity contribution >= 4 is 6.21 Å². The van der Waals surface area contributed by atoms with Gasteiger partial charge in [0.05, 0.1) is 13.3 Å². The van der Waals surface area contributed by atoms with Crippen LogP contribution in [0.3, 0.4) is 0 Å². The van der Waals surface area contributed by atoms with Crippen molar-refractivity contribution in [2.75, 3.05) is 13.7 Å². The quantitative estimate of drug-likeness (QED) is 0.615. The highest BCUT2D eigenvalue weighted by Crippen LogP contribution is 2.16. The highest BCUT2D eigenvalue weighted by atomic mass is 19.1. The SMILES string of the molecule is COc1cc(/C=N/NCC(C)C)ccc1F. The van der Waals surface area contributed by atoms with Crippen LogP contribution in [0.4, 0.5) is 4.39 Å². The highest BCUT2D eigenvalue weighted by Gasteiger charge is 2.01. The van der Waals surface area contributed by atoms with Gasteiger partial charge < -0.3 is 10.2 Å². The van der Waals surface area contributed by atoms with Gasteiger partial charge in [-0.05, 0) is 23.6 Å². The van der Waals surface area contributed by atoms with E-state index >= 15 is 0 Å². The summed E-state index contributed by atoms with van der Waals surface area (Å²) < 4.78 is 18.0. The Hall–Kier alpha value is -1.58. The monoisotopic (exact) mass is 224 g/mol. The molecule has 0 amide bonds. The first-order chi connectivity index (χ1) is 7.63. The predicted molar refractivity (Wildman–Crippen MR) is 63.4 cm³/mol. The normalized spacial score (nSPS) is 11.1. The fraction of sp³-hybridized carbons (Fsp3) is 0.417. The minimum absolute atomic E-state index is 0.229. The molecular weight excluding hydrogens is 207 g/mol. The summed E-state index contributed by atoms with van der Waals surface area (Å²) >= 11 is 0.